The molecule has 0 amide bonds. The van der Waals surface area contributed by atoms with Crippen molar-refractivity contribution in [2.45, 2.75) is 20.4 Å². The molecule has 0 bridgehead atoms. The van der Waals surface area contributed by atoms with Gasteiger partial charge in [-0.1, -0.05) is 11.6 Å². The van der Waals surface area contributed by atoms with E-state index in [-0.39, 0.29) is 0 Å². The molecule has 3 nitrogen and oxygen atoms in total. The molecule has 0 spiro atoms. The highest BCUT2D eigenvalue weighted by Crippen LogP contribution is 2.14. The first-order valence-electron chi connectivity index (χ1n) is 4.76. The van der Waals surface area contributed by atoms with Gasteiger partial charge < -0.3 is 4.57 Å². The summed E-state index contributed by atoms with van der Waals surface area (Å²) >= 11 is 6.04. The van der Waals surface area contributed by atoms with E-state index in [9.17, 15) is 0 Å². The quantitative estimate of drug-likeness (QED) is 0.781. The summed E-state index contributed by atoms with van der Waals surface area (Å²) in [5.74, 6) is 0.981. The van der Waals surface area contributed by atoms with E-state index in [1.54, 1.807) is 6.20 Å². The minimum atomic E-state index is 0.673. The lowest BCUT2D eigenvalue weighted by Gasteiger charge is -2.05. The number of pyridine rings is 1. The van der Waals surface area contributed by atoms with Crippen molar-refractivity contribution >= 4 is 11.6 Å². The monoisotopic (exact) mass is 221 g/mol. The van der Waals surface area contributed by atoms with Crippen LogP contribution in [0.3, 0.4) is 0 Å². The van der Waals surface area contributed by atoms with Crippen molar-refractivity contribution in [3.63, 3.8) is 0 Å². The summed E-state index contributed by atoms with van der Waals surface area (Å²) in [7, 11) is 0. The van der Waals surface area contributed by atoms with Crippen LogP contribution in [0, 0.1) is 13.8 Å². The molecule has 0 unspecified atom stereocenters. The van der Waals surface area contributed by atoms with Gasteiger partial charge in [-0.25, -0.2) is 4.98 Å². The molecule has 0 aromatic carbocycles. The van der Waals surface area contributed by atoms with Crippen molar-refractivity contribution < 1.29 is 0 Å². The molecule has 2 rings (SSSR count). The Bertz CT molecular complexity index is 476. The third kappa shape index (κ3) is 2.18. The number of nitrogens with zero attached hydrogens (tertiary/aromatic N) is 3. The molecule has 0 saturated carbocycles. The van der Waals surface area contributed by atoms with Crippen LogP contribution in [0.5, 0.6) is 0 Å². The number of halogens is 1. The van der Waals surface area contributed by atoms with Gasteiger partial charge in [-0.15, -0.1) is 0 Å². The first-order valence-corrected chi connectivity index (χ1v) is 5.14. The van der Waals surface area contributed by atoms with Gasteiger partial charge in [0, 0.05) is 12.4 Å². The maximum absolute atomic E-state index is 6.04. The molecule has 0 radical (unpaired) electrons. The molecule has 0 saturated heterocycles. The molecule has 15 heavy (non-hydrogen) atoms. The predicted octanol–water partition coefficient (Wildman–Crippen LogP) is 2.60. The highest BCUT2D eigenvalue weighted by Gasteiger charge is 2.05. The van der Waals surface area contributed by atoms with Crippen LogP contribution >= 0.6 is 11.6 Å². The second kappa shape index (κ2) is 4.03. The van der Waals surface area contributed by atoms with Crippen molar-refractivity contribution in [1.29, 1.82) is 0 Å². The molecule has 0 aliphatic rings. The summed E-state index contributed by atoms with van der Waals surface area (Å²) in [6.45, 7) is 4.62. The van der Waals surface area contributed by atoms with E-state index in [0.29, 0.717) is 11.6 Å². The number of aryl methyl sites for hydroxylation is 2. The fraction of sp³-hybridized carbons (Fsp3) is 0.273. The summed E-state index contributed by atoms with van der Waals surface area (Å²) in [5, 5.41) is 0.697. The Morgan fingerprint density at radius 1 is 1.40 bits per heavy atom. The van der Waals surface area contributed by atoms with Crippen molar-refractivity contribution in [2.75, 3.05) is 0 Å². The summed E-state index contributed by atoms with van der Waals surface area (Å²) in [5.41, 5.74) is 1.89. The van der Waals surface area contributed by atoms with Crippen LogP contribution in [0.15, 0.2) is 24.5 Å². The zero-order valence-corrected chi connectivity index (χ0v) is 9.49. The number of rotatable bonds is 2. The van der Waals surface area contributed by atoms with Crippen molar-refractivity contribution in [3.05, 3.63) is 46.8 Å². The zero-order chi connectivity index (χ0) is 10.8. The van der Waals surface area contributed by atoms with Gasteiger partial charge in [-0.3, -0.25) is 4.98 Å². The Labute approximate surface area is 93.7 Å². The Hall–Kier alpha value is -1.35. The zero-order valence-electron chi connectivity index (χ0n) is 8.74. The van der Waals surface area contributed by atoms with Gasteiger partial charge in [-0.05, 0) is 26.0 Å². The lowest BCUT2D eigenvalue weighted by atomic mass is 10.3. The van der Waals surface area contributed by atoms with Gasteiger partial charge >= 0.3 is 0 Å². The number of hydrogen-bond donors (Lipinski definition) is 0. The van der Waals surface area contributed by atoms with E-state index < -0.39 is 0 Å². The molecular weight excluding hydrogens is 210 g/mol. The minimum absolute atomic E-state index is 0.673. The van der Waals surface area contributed by atoms with Crippen LogP contribution in [0.4, 0.5) is 0 Å². The number of imidazole rings is 1. The van der Waals surface area contributed by atoms with Crippen LogP contribution < -0.4 is 0 Å². The third-order valence-electron chi connectivity index (χ3n) is 2.25. The molecule has 78 valence electrons. The summed E-state index contributed by atoms with van der Waals surface area (Å²) in [6, 6.07) is 3.68. The first kappa shape index (κ1) is 10.2. The van der Waals surface area contributed by atoms with Gasteiger partial charge in [0.2, 0.25) is 0 Å². The van der Waals surface area contributed by atoms with Gasteiger partial charge in [0.1, 0.15) is 5.82 Å². The third-order valence-corrected chi connectivity index (χ3v) is 2.60. The molecule has 2 aromatic rings. The number of hydrogen-bond acceptors (Lipinski definition) is 2. The highest BCUT2D eigenvalue weighted by molar-refractivity contribution is 6.31. The Morgan fingerprint density at radius 2 is 2.20 bits per heavy atom. The largest absolute Gasteiger partial charge is 0.329 e. The van der Waals surface area contributed by atoms with Gasteiger partial charge in [0.15, 0.2) is 0 Å². The van der Waals surface area contributed by atoms with Crippen LogP contribution in [-0.2, 0) is 6.54 Å². The number of aromatic nitrogens is 3. The van der Waals surface area contributed by atoms with E-state index in [1.165, 1.54) is 0 Å². The highest BCUT2D eigenvalue weighted by atomic mass is 35.5. The maximum Gasteiger partial charge on any atom is 0.106 e. The lowest BCUT2D eigenvalue weighted by molar-refractivity contribution is 0.742. The van der Waals surface area contributed by atoms with Crippen LogP contribution in [0.1, 0.15) is 17.2 Å². The average molecular weight is 222 g/mol. The SMILES string of the molecule is Cc1cn(Cc2ncccc2Cl)c(C)n1. The molecule has 0 atom stereocenters. The molecule has 0 aliphatic heterocycles. The van der Waals surface area contributed by atoms with Gasteiger partial charge in [0.25, 0.3) is 0 Å². The molecule has 0 fully saturated rings. The van der Waals surface area contributed by atoms with Crippen LogP contribution in [0.2, 0.25) is 5.02 Å². The van der Waals surface area contributed by atoms with E-state index in [0.717, 1.165) is 17.2 Å². The van der Waals surface area contributed by atoms with Crippen LogP contribution in [0.25, 0.3) is 0 Å². The van der Waals surface area contributed by atoms with Crippen molar-refractivity contribution in [3.8, 4) is 0 Å². The Kier molecular flexibility index (Phi) is 2.73. The molecular formula is C11H12ClN3. The minimum Gasteiger partial charge on any atom is -0.329 e. The predicted molar refractivity (Wildman–Crippen MR) is 60.1 cm³/mol. The smallest absolute Gasteiger partial charge is 0.106 e. The summed E-state index contributed by atoms with van der Waals surface area (Å²) in [6.07, 6.45) is 3.75. The van der Waals surface area contributed by atoms with E-state index in [2.05, 4.69) is 9.97 Å². The van der Waals surface area contributed by atoms with Crippen molar-refractivity contribution in [2.24, 2.45) is 0 Å². The van der Waals surface area contributed by atoms with Gasteiger partial charge in [0.05, 0.1) is 23.0 Å². The molecule has 4 heteroatoms. The molecule has 0 aliphatic carbocycles. The lowest BCUT2D eigenvalue weighted by Crippen LogP contribution is -2.03. The second-order valence-corrected chi connectivity index (χ2v) is 3.90. The van der Waals surface area contributed by atoms with Crippen LogP contribution in [-0.4, -0.2) is 14.5 Å². The van der Waals surface area contributed by atoms with Crippen molar-refractivity contribution in [1.82, 2.24) is 14.5 Å². The first-order chi connectivity index (χ1) is 7.16. The Morgan fingerprint density at radius 3 is 2.80 bits per heavy atom. The molecule has 2 heterocycles. The topological polar surface area (TPSA) is 30.7 Å². The standard InChI is InChI=1S/C11H12ClN3/c1-8-6-15(9(2)14-8)7-11-10(12)4-3-5-13-11/h3-6H,7H2,1-2H3. The van der Waals surface area contributed by atoms with E-state index >= 15 is 0 Å². The fourth-order valence-corrected chi connectivity index (χ4v) is 1.70. The maximum atomic E-state index is 6.04. The average Bonchev–Trinajstić information content (AvgIpc) is 2.49. The fourth-order valence-electron chi connectivity index (χ4n) is 1.52. The summed E-state index contributed by atoms with van der Waals surface area (Å²) in [4.78, 5) is 8.57. The normalized spacial score (nSPS) is 10.6. The van der Waals surface area contributed by atoms with E-state index in [1.807, 2.05) is 36.7 Å². The molecule has 2 aromatic heterocycles. The molecule has 0 N–H and O–H groups in total. The Balaban J connectivity index is 2.29. The van der Waals surface area contributed by atoms with Gasteiger partial charge in [-0.2, -0.15) is 0 Å². The van der Waals surface area contributed by atoms with E-state index in [4.69, 9.17) is 11.6 Å². The summed E-state index contributed by atoms with van der Waals surface area (Å²) < 4.78 is 2.05. The second-order valence-electron chi connectivity index (χ2n) is 3.49.